The Morgan fingerprint density at radius 3 is 2.32 bits per heavy atom. The van der Waals surface area contributed by atoms with Crippen LogP contribution in [0.2, 0.25) is 5.02 Å². The van der Waals surface area contributed by atoms with Gasteiger partial charge in [0, 0.05) is 47.6 Å². The molecule has 0 spiro atoms. The van der Waals surface area contributed by atoms with E-state index in [1.165, 1.54) is 27.0 Å². The van der Waals surface area contributed by atoms with Gasteiger partial charge in [-0.05, 0) is 110 Å². The zero-order chi connectivity index (χ0) is 47.5. The number of benzene rings is 4. The van der Waals surface area contributed by atoms with Gasteiger partial charge in [0.05, 0.1) is 18.9 Å². The van der Waals surface area contributed by atoms with Crippen LogP contribution in [0.4, 0.5) is 0 Å². The molecule has 5 aromatic rings. The van der Waals surface area contributed by atoms with Gasteiger partial charge in [0.15, 0.2) is 11.9 Å². The normalized spacial score (nSPS) is 17.0. The number of halogens is 1. The molecule has 346 valence electrons. The number of nitrogens with one attached hydrogen (secondary N) is 4. The number of likely N-dealkylation sites (N-methyl/N-ethyl adjacent to an activating group) is 1. The molecule has 18 heteroatoms. The molecule has 1 aliphatic rings. The van der Waals surface area contributed by atoms with Crippen LogP contribution in [0.25, 0.3) is 22.3 Å². The van der Waals surface area contributed by atoms with E-state index in [4.69, 9.17) is 27.8 Å². The second kappa shape index (κ2) is 22.2. The summed E-state index contributed by atoms with van der Waals surface area (Å²) >= 11 is 6.07. The summed E-state index contributed by atoms with van der Waals surface area (Å²) in [7, 11) is 1.40. The van der Waals surface area contributed by atoms with Crippen molar-refractivity contribution in [3.05, 3.63) is 125 Å². The predicted octanol–water partition coefficient (Wildman–Crippen LogP) is 3.62. The largest absolute Gasteiger partial charge is 0.507 e. The molecule has 0 saturated heterocycles. The van der Waals surface area contributed by atoms with Crippen LogP contribution in [-0.4, -0.2) is 99.4 Å². The highest BCUT2D eigenvalue weighted by molar-refractivity contribution is 6.30. The Bertz CT molecular complexity index is 2540. The molecule has 1 aromatic heterocycles. The first-order valence-electron chi connectivity index (χ1n) is 21.5. The van der Waals surface area contributed by atoms with Crippen LogP contribution in [0.15, 0.2) is 104 Å². The summed E-state index contributed by atoms with van der Waals surface area (Å²) in [4.78, 5) is 87.7. The fourth-order valence-corrected chi connectivity index (χ4v) is 7.58. The third kappa shape index (κ3) is 12.2. The summed E-state index contributed by atoms with van der Waals surface area (Å²) in [6.07, 6.45) is 4.42. The van der Waals surface area contributed by atoms with Gasteiger partial charge in [-0.3, -0.25) is 28.8 Å². The fourth-order valence-electron chi connectivity index (χ4n) is 7.45. The number of nitrogens with zero attached hydrogens (tertiary/aromatic N) is 3. The molecular weight excluding hydrogens is 866 g/mol. The molecule has 9 N–H and O–H groups in total. The molecule has 5 unspecified atom stereocenters. The number of ketones is 1. The van der Waals surface area contributed by atoms with Gasteiger partial charge in [-0.2, -0.15) is 0 Å². The first kappa shape index (κ1) is 48.4. The van der Waals surface area contributed by atoms with E-state index in [0.717, 1.165) is 16.0 Å². The summed E-state index contributed by atoms with van der Waals surface area (Å²) < 4.78 is 8.10. The quantitative estimate of drug-likeness (QED) is 0.0704. The summed E-state index contributed by atoms with van der Waals surface area (Å²) in [6.45, 7) is 3.76. The number of ether oxygens (including phenoxy) is 1. The lowest BCUT2D eigenvalue weighted by atomic mass is 9.93. The number of rotatable bonds is 16. The molecule has 2 heterocycles. The molecular formula is C48H54ClN9O8. The van der Waals surface area contributed by atoms with Crippen molar-refractivity contribution in [2.24, 2.45) is 11.5 Å². The number of Topliss-reactive ketones (excluding diaryl/α,β-unsaturated/α-hetero) is 1. The Hall–Kier alpha value is -7.08. The van der Waals surface area contributed by atoms with Crippen molar-refractivity contribution >= 4 is 46.9 Å². The minimum absolute atomic E-state index is 0.101. The molecule has 0 fully saturated rings. The van der Waals surface area contributed by atoms with E-state index in [9.17, 15) is 33.9 Å². The zero-order valence-electron chi connectivity index (χ0n) is 36.8. The number of fused-ring (bicyclic) bond motifs is 5. The standard InChI is InChI=1S/C48H54ClN9O8/c1-28(29(2)59)53-45(62)39-25-30-7-17-40(60)36(24-30)37-26-34(14-18-41(37)66-23-22-58-21-20-52-27-58)42(46(63)56-43(51)47(64)55-39)57(3)48(65)38(6-4-5-19-50)54-44(61)33-10-8-31(9-11-33)32-12-15-35(49)16-13-32/h7-18,20-21,24,26-28,38-39,42-43,60H,4-6,19,22-23,25,50-51H2,1-3H3,(H,53,62)(H,54,61)(H,55,64)(H,56,63). The van der Waals surface area contributed by atoms with Crippen LogP contribution in [-0.2, 0) is 36.9 Å². The molecule has 5 atom stereocenters. The molecule has 6 rings (SSSR count). The minimum Gasteiger partial charge on any atom is -0.507 e. The van der Waals surface area contributed by atoms with Crippen LogP contribution in [0, 0.1) is 0 Å². The van der Waals surface area contributed by atoms with Gasteiger partial charge < -0.3 is 52.0 Å². The summed E-state index contributed by atoms with van der Waals surface area (Å²) in [5, 5.41) is 22.6. The van der Waals surface area contributed by atoms with Crippen molar-refractivity contribution in [2.75, 3.05) is 20.2 Å². The number of unbranched alkanes of at least 4 members (excludes halogenated alkanes) is 1. The van der Waals surface area contributed by atoms with Crippen LogP contribution >= 0.6 is 11.6 Å². The highest BCUT2D eigenvalue weighted by Gasteiger charge is 2.36. The maximum absolute atomic E-state index is 14.7. The Labute approximate surface area is 387 Å². The molecule has 4 bridgehead atoms. The SMILES string of the molecule is CC(=O)C(C)NC(=O)C1Cc2ccc(O)c(c2)-c2cc(ccc2OCCn2ccnc2)C(N(C)C(=O)C(CCCCN)NC(=O)c2ccc(-c3ccc(Cl)cc3)cc2)C(=O)NC(N)C(=O)N1. The van der Waals surface area contributed by atoms with Gasteiger partial charge in [0.2, 0.25) is 17.7 Å². The smallest absolute Gasteiger partial charge is 0.258 e. The lowest BCUT2D eigenvalue weighted by molar-refractivity contribution is -0.142. The summed E-state index contributed by atoms with van der Waals surface area (Å²) in [5.74, 6) is -3.84. The van der Waals surface area contributed by atoms with Crippen molar-refractivity contribution in [3.8, 4) is 33.8 Å². The maximum Gasteiger partial charge on any atom is 0.258 e. The number of nitrogens with two attached hydrogens (primary N) is 2. The zero-order valence-corrected chi connectivity index (χ0v) is 37.6. The Morgan fingerprint density at radius 1 is 0.939 bits per heavy atom. The van der Waals surface area contributed by atoms with E-state index in [1.807, 2.05) is 16.7 Å². The fraction of sp³-hybridized carbons (Fsp3) is 0.312. The molecule has 0 aliphatic carbocycles. The number of imidazole rings is 1. The van der Waals surface area contributed by atoms with E-state index in [0.29, 0.717) is 47.8 Å². The van der Waals surface area contributed by atoms with Crippen molar-refractivity contribution in [1.82, 2.24) is 35.7 Å². The topological polar surface area (TPSA) is 253 Å². The second-order valence-electron chi connectivity index (χ2n) is 16.1. The number of phenols is 1. The van der Waals surface area contributed by atoms with Crippen molar-refractivity contribution in [2.45, 2.75) is 76.4 Å². The molecule has 0 radical (unpaired) electrons. The lowest BCUT2D eigenvalue weighted by Crippen LogP contribution is -2.60. The molecule has 66 heavy (non-hydrogen) atoms. The first-order valence-corrected chi connectivity index (χ1v) is 21.9. The number of carbonyl (C=O) groups is 6. The Balaban J connectivity index is 1.38. The maximum atomic E-state index is 14.7. The summed E-state index contributed by atoms with van der Waals surface area (Å²) in [6, 6.07) is 18.8. The third-order valence-electron chi connectivity index (χ3n) is 11.3. The highest BCUT2D eigenvalue weighted by Crippen LogP contribution is 2.39. The molecule has 4 aromatic carbocycles. The Morgan fingerprint density at radius 2 is 1.65 bits per heavy atom. The van der Waals surface area contributed by atoms with Gasteiger partial charge in [0.25, 0.3) is 11.8 Å². The van der Waals surface area contributed by atoms with E-state index in [2.05, 4.69) is 26.3 Å². The van der Waals surface area contributed by atoms with E-state index in [-0.39, 0.29) is 47.7 Å². The first-order chi connectivity index (χ1) is 31.6. The summed E-state index contributed by atoms with van der Waals surface area (Å²) in [5.41, 5.74) is 15.5. The van der Waals surface area contributed by atoms with Gasteiger partial charge in [-0.25, -0.2) is 4.98 Å². The molecule has 5 amide bonds. The van der Waals surface area contributed by atoms with Crippen molar-refractivity contribution < 1.29 is 38.6 Å². The molecule has 1 aliphatic heterocycles. The molecule has 17 nitrogen and oxygen atoms in total. The van der Waals surface area contributed by atoms with Crippen molar-refractivity contribution in [3.63, 3.8) is 0 Å². The number of carbonyl (C=O) groups excluding carboxylic acids is 6. The van der Waals surface area contributed by atoms with Gasteiger partial charge >= 0.3 is 0 Å². The molecule has 0 saturated carbocycles. The minimum atomic E-state index is -1.72. The lowest BCUT2D eigenvalue weighted by Gasteiger charge is -2.32. The average molecular weight is 920 g/mol. The average Bonchev–Trinajstić information content (AvgIpc) is 3.83. The third-order valence-corrected chi connectivity index (χ3v) is 11.6. The van der Waals surface area contributed by atoms with E-state index < -0.39 is 59.9 Å². The van der Waals surface area contributed by atoms with Gasteiger partial charge in [0.1, 0.15) is 36.2 Å². The van der Waals surface area contributed by atoms with Crippen LogP contribution < -0.4 is 37.5 Å². The van der Waals surface area contributed by atoms with Crippen LogP contribution in [0.3, 0.4) is 0 Å². The number of amides is 5. The highest BCUT2D eigenvalue weighted by atomic mass is 35.5. The van der Waals surface area contributed by atoms with Gasteiger partial charge in [-0.1, -0.05) is 48.0 Å². The van der Waals surface area contributed by atoms with Gasteiger partial charge in [-0.15, -0.1) is 0 Å². The monoisotopic (exact) mass is 919 g/mol. The second-order valence-corrected chi connectivity index (χ2v) is 16.5. The van der Waals surface area contributed by atoms with Crippen molar-refractivity contribution in [1.29, 1.82) is 0 Å². The van der Waals surface area contributed by atoms with E-state index >= 15 is 0 Å². The van der Waals surface area contributed by atoms with Crippen LogP contribution in [0.1, 0.15) is 60.6 Å². The number of aromatic nitrogens is 2. The number of hydrogen-bond acceptors (Lipinski definition) is 11. The number of aromatic hydroxyl groups is 1. The van der Waals surface area contributed by atoms with Crippen LogP contribution in [0.5, 0.6) is 11.5 Å². The number of hydrogen-bond donors (Lipinski definition) is 7. The van der Waals surface area contributed by atoms with E-state index in [1.54, 1.807) is 85.5 Å². The number of phenolic OH excluding ortho intramolecular Hbond substituents is 1. The predicted molar refractivity (Wildman–Crippen MR) is 248 cm³/mol. The Kier molecular flexibility index (Phi) is 16.3.